The number of methoxy groups -OCH3 is 1. The van der Waals surface area contributed by atoms with Gasteiger partial charge in [-0.05, 0) is 18.2 Å². The van der Waals surface area contributed by atoms with Crippen molar-refractivity contribution in [3.63, 3.8) is 0 Å². The van der Waals surface area contributed by atoms with Gasteiger partial charge in [-0.1, -0.05) is 0 Å². The van der Waals surface area contributed by atoms with E-state index in [-0.39, 0.29) is 48.2 Å². The third-order valence-electron chi connectivity index (χ3n) is 3.76. The van der Waals surface area contributed by atoms with Crippen LogP contribution in [0.2, 0.25) is 0 Å². The number of aliphatic hydroxyl groups excluding tert-OH is 1. The maximum absolute atomic E-state index is 12.2. The zero-order valence-corrected chi connectivity index (χ0v) is 15.4. The number of aliphatic hydroxyl groups is 1. The van der Waals surface area contributed by atoms with Crippen LogP contribution in [0.1, 0.15) is 0 Å². The Labute approximate surface area is 164 Å². The number of nitrogens with one attached hydrogen (secondary N) is 3. The predicted molar refractivity (Wildman–Crippen MR) is 105 cm³/mol. The Hall–Kier alpha value is -3.93. The van der Waals surface area contributed by atoms with Gasteiger partial charge in [-0.25, -0.2) is 0 Å². The number of nitro benzene ring substituents is 2. The highest BCUT2D eigenvalue weighted by molar-refractivity contribution is 5.96. The van der Waals surface area contributed by atoms with E-state index in [2.05, 4.69) is 16.0 Å². The Kier molecular flexibility index (Phi) is 7.26. The van der Waals surface area contributed by atoms with Crippen molar-refractivity contribution in [1.82, 2.24) is 0 Å². The SMILES string of the molecule is COc1ccc(NC(=O)CNc2cc([N+](=O)[O-])ccc2NCCO)c([N+](=O)[O-])c1. The van der Waals surface area contributed by atoms with Gasteiger partial charge in [-0.2, -0.15) is 0 Å². The molecular weight excluding hydrogens is 386 g/mol. The first-order valence-corrected chi connectivity index (χ1v) is 8.35. The Morgan fingerprint density at radius 2 is 1.76 bits per heavy atom. The van der Waals surface area contributed by atoms with Crippen molar-refractivity contribution in [2.75, 3.05) is 42.8 Å². The topological polar surface area (TPSA) is 169 Å². The molecule has 2 aromatic carbocycles. The van der Waals surface area contributed by atoms with Gasteiger partial charge in [0.1, 0.15) is 11.4 Å². The summed E-state index contributed by atoms with van der Waals surface area (Å²) in [5, 5.41) is 39.1. The molecule has 12 nitrogen and oxygen atoms in total. The number of carbonyl (C=O) groups is 1. The summed E-state index contributed by atoms with van der Waals surface area (Å²) >= 11 is 0. The average Bonchev–Trinajstić information content (AvgIpc) is 2.70. The summed E-state index contributed by atoms with van der Waals surface area (Å²) in [5.41, 5.74) is 0.187. The lowest BCUT2D eigenvalue weighted by Crippen LogP contribution is -2.23. The molecule has 0 unspecified atom stereocenters. The van der Waals surface area contributed by atoms with Crippen LogP contribution in [0.15, 0.2) is 36.4 Å². The van der Waals surface area contributed by atoms with E-state index in [1.807, 2.05) is 0 Å². The summed E-state index contributed by atoms with van der Waals surface area (Å²) < 4.78 is 4.94. The van der Waals surface area contributed by atoms with Gasteiger partial charge in [0.25, 0.3) is 11.4 Å². The zero-order chi connectivity index (χ0) is 21.4. The van der Waals surface area contributed by atoms with E-state index in [1.54, 1.807) is 0 Å². The predicted octanol–water partition coefficient (Wildman–Crippen LogP) is 1.97. The number of nitrogens with zero attached hydrogens (tertiary/aromatic N) is 2. The molecule has 0 spiro atoms. The van der Waals surface area contributed by atoms with Crippen LogP contribution >= 0.6 is 0 Å². The minimum atomic E-state index is -0.650. The second-order valence-electron chi connectivity index (χ2n) is 5.68. The summed E-state index contributed by atoms with van der Waals surface area (Å²) in [6.45, 7) is -0.257. The van der Waals surface area contributed by atoms with Crippen LogP contribution < -0.4 is 20.7 Å². The first-order chi connectivity index (χ1) is 13.8. The molecule has 0 fully saturated rings. The lowest BCUT2D eigenvalue weighted by atomic mass is 10.2. The fourth-order valence-corrected chi connectivity index (χ4v) is 2.40. The molecule has 0 aliphatic carbocycles. The first kappa shape index (κ1) is 21.4. The number of hydrogen-bond acceptors (Lipinski definition) is 9. The van der Waals surface area contributed by atoms with Crippen molar-refractivity contribution < 1.29 is 24.5 Å². The van der Waals surface area contributed by atoms with Crippen LogP contribution in [-0.4, -0.2) is 47.7 Å². The van der Waals surface area contributed by atoms with Crippen LogP contribution in [0.3, 0.4) is 0 Å². The van der Waals surface area contributed by atoms with E-state index in [0.29, 0.717) is 5.69 Å². The number of amides is 1. The Bertz CT molecular complexity index is 919. The minimum Gasteiger partial charge on any atom is -0.496 e. The van der Waals surface area contributed by atoms with Crippen molar-refractivity contribution >= 4 is 34.3 Å². The molecule has 0 saturated heterocycles. The number of nitro groups is 2. The Balaban J connectivity index is 2.13. The summed E-state index contributed by atoms with van der Waals surface area (Å²) in [6.07, 6.45) is 0. The third-order valence-corrected chi connectivity index (χ3v) is 3.76. The van der Waals surface area contributed by atoms with Gasteiger partial charge < -0.3 is 25.8 Å². The molecule has 0 aliphatic rings. The van der Waals surface area contributed by atoms with Crippen LogP contribution in [0.5, 0.6) is 5.75 Å². The summed E-state index contributed by atoms with van der Waals surface area (Å²) in [4.78, 5) is 33.2. The molecule has 4 N–H and O–H groups in total. The van der Waals surface area contributed by atoms with Crippen LogP contribution in [0.4, 0.5) is 28.4 Å². The van der Waals surface area contributed by atoms with Gasteiger partial charge in [0.2, 0.25) is 5.91 Å². The maximum Gasteiger partial charge on any atom is 0.296 e. The molecule has 1 amide bonds. The Morgan fingerprint density at radius 3 is 2.38 bits per heavy atom. The van der Waals surface area contributed by atoms with Gasteiger partial charge in [0.15, 0.2) is 0 Å². The Morgan fingerprint density at radius 1 is 1.03 bits per heavy atom. The molecular formula is C17H19N5O7. The molecule has 0 aliphatic heterocycles. The summed E-state index contributed by atoms with van der Waals surface area (Å²) in [6, 6.07) is 7.96. The second kappa shape index (κ2) is 9.85. The van der Waals surface area contributed by atoms with Crippen LogP contribution in [-0.2, 0) is 4.79 Å². The zero-order valence-electron chi connectivity index (χ0n) is 15.4. The highest BCUT2D eigenvalue weighted by Crippen LogP contribution is 2.29. The summed E-state index contributed by atoms with van der Waals surface area (Å²) in [7, 11) is 1.36. The number of benzene rings is 2. The van der Waals surface area contributed by atoms with Crippen molar-refractivity contribution in [3.8, 4) is 5.75 Å². The molecule has 0 aromatic heterocycles. The highest BCUT2D eigenvalue weighted by Gasteiger charge is 2.18. The quantitative estimate of drug-likeness (QED) is 0.341. The van der Waals surface area contributed by atoms with E-state index in [0.717, 1.165) is 0 Å². The van der Waals surface area contributed by atoms with Gasteiger partial charge >= 0.3 is 0 Å². The van der Waals surface area contributed by atoms with Crippen molar-refractivity contribution in [1.29, 1.82) is 0 Å². The normalized spacial score (nSPS) is 10.1. The molecule has 2 aromatic rings. The average molecular weight is 405 g/mol. The molecule has 0 bridgehead atoms. The van der Waals surface area contributed by atoms with Crippen LogP contribution in [0.25, 0.3) is 0 Å². The molecule has 2 rings (SSSR count). The molecule has 0 atom stereocenters. The molecule has 0 saturated carbocycles. The van der Waals surface area contributed by atoms with E-state index < -0.39 is 15.8 Å². The van der Waals surface area contributed by atoms with Crippen molar-refractivity contribution in [2.45, 2.75) is 0 Å². The number of rotatable bonds is 10. The summed E-state index contributed by atoms with van der Waals surface area (Å²) in [5.74, 6) is -0.332. The fraction of sp³-hybridized carbons (Fsp3) is 0.235. The van der Waals surface area contributed by atoms with E-state index in [9.17, 15) is 25.0 Å². The van der Waals surface area contributed by atoms with Gasteiger partial charge in [-0.15, -0.1) is 0 Å². The number of ether oxygens (including phenoxy) is 1. The van der Waals surface area contributed by atoms with E-state index >= 15 is 0 Å². The molecule has 154 valence electrons. The largest absolute Gasteiger partial charge is 0.496 e. The number of anilines is 3. The number of non-ortho nitro benzene ring substituents is 1. The van der Waals surface area contributed by atoms with Crippen molar-refractivity contribution in [3.05, 3.63) is 56.6 Å². The first-order valence-electron chi connectivity index (χ1n) is 8.35. The smallest absolute Gasteiger partial charge is 0.296 e. The fourth-order valence-electron chi connectivity index (χ4n) is 2.40. The van der Waals surface area contributed by atoms with Gasteiger partial charge in [-0.3, -0.25) is 25.0 Å². The van der Waals surface area contributed by atoms with E-state index in [1.165, 1.54) is 43.5 Å². The standard InChI is InChI=1S/C17H19N5O7/c1-29-12-3-5-14(16(9-12)22(27)28)20-17(24)10-19-15-8-11(21(25)26)2-4-13(15)18-6-7-23/h2-5,8-9,18-19,23H,6-7,10H2,1H3,(H,20,24). The lowest BCUT2D eigenvalue weighted by Gasteiger charge is -2.13. The second-order valence-corrected chi connectivity index (χ2v) is 5.68. The lowest BCUT2D eigenvalue weighted by molar-refractivity contribution is -0.384. The monoisotopic (exact) mass is 405 g/mol. The molecule has 29 heavy (non-hydrogen) atoms. The minimum absolute atomic E-state index is 0.0136. The molecule has 0 radical (unpaired) electrons. The van der Waals surface area contributed by atoms with Gasteiger partial charge in [0.05, 0.1) is 47.5 Å². The third kappa shape index (κ3) is 5.77. The molecule has 0 heterocycles. The van der Waals surface area contributed by atoms with Gasteiger partial charge in [0, 0.05) is 18.7 Å². The number of carbonyl (C=O) groups excluding carboxylic acids is 1. The van der Waals surface area contributed by atoms with Crippen LogP contribution in [0, 0.1) is 20.2 Å². The maximum atomic E-state index is 12.2. The van der Waals surface area contributed by atoms with E-state index in [4.69, 9.17) is 9.84 Å². The number of hydrogen-bond donors (Lipinski definition) is 4. The molecule has 12 heteroatoms. The van der Waals surface area contributed by atoms with Crippen molar-refractivity contribution in [2.24, 2.45) is 0 Å². The highest BCUT2D eigenvalue weighted by atomic mass is 16.6.